The highest BCUT2D eigenvalue weighted by Crippen LogP contribution is 2.31. The Morgan fingerprint density at radius 2 is 1.66 bits per heavy atom. The quantitative estimate of drug-likeness (QED) is 0.601. The summed E-state index contributed by atoms with van der Waals surface area (Å²) in [6.07, 6.45) is 0.0439. The number of hydrogen-bond acceptors (Lipinski definition) is 5. The molecule has 10 nitrogen and oxygen atoms in total. The molecule has 2 fully saturated rings. The van der Waals surface area contributed by atoms with Crippen LogP contribution in [0.25, 0.3) is 0 Å². The van der Waals surface area contributed by atoms with Gasteiger partial charge in [0.1, 0.15) is 11.1 Å². The fourth-order valence-corrected chi connectivity index (χ4v) is 3.45. The second-order valence-electron chi connectivity index (χ2n) is 7.49. The summed E-state index contributed by atoms with van der Waals surface area (Å²) < 4.78 is 0. The Morgan fingerprint density at radius 1 is 1.00 bits per heavy atom. The van der Waals surface area contributed by atoms with Crippen LogP contribution in [-0.4, -0.2) is 51.8 Å². The number of carbonyl (C=O) groups is 5. The maximum atomic E-state index is 13.0. The highest BCUT2D eigenvalue weighted by atomic mass is 16.2. The predicted molar refractivity (Wildman–Crippen MR) is 101 cm³/mol. The first-order chi connectivity index (χ1) is 13.6. The molecule has 1 aromatic rings. The molecule has 2 aliphatic rings. The Bertz CT molecular complexity index is 884. The molecule has 0 saturated carbocycles. The van der Waals surface area contributed by atoms with E-state index in [2.05, 4.69) is 16.1 Å². The van der Waals surface area contributed by atoms with Crippen molar-refractivity contribution in [1.29, 1.82) is 0 Å². The molecular formula is C19H23N5O5. The van der Waals surface area contributed by atoms with E-state index in [0.717, 1.165) is 4.90 Å². The number of amides is 7. The van der Waals surface area contributed by atoms with Gasteiger partial charge in [-0.3, -0.25) is 24.7 Å². The fraction of sp³-hybridized carbons (Fsp3) is 0.421. The molecule has 0 bridgehead atoms. The maximum absolute atomic E-state index is 13.0. The summed E-state index contributed by atoms with van der Waals surface area (Å²) in [5.41, 5.74) is 0.589. The van der Waals surface area contributed by atoms with Crippen molar-refractivity contribution in [1.82, 2.24) is 26.0 Å². The van der Waals surface area contributed by atoms with E-state index in [-0.39, 0.29) is 13.0 Å². The minimum Gasteiger partial charge on any atom is -0.324 e. The second-order valence-corrected chi connectivity index (χ2v) is 7.49. The number of carbonyl (C=O) groups excluding carboxylic acids is 5. The maximum Gasteiger partial charge on any atom is 0.344 e. The lowest BCUT2D eigenvalue weighted by atomic mass is 9.87. The SMILES string of the molecule is CC[C@@]1(c2ccccc2)NC(=O)N(NC(=O)CCN2C(=O)NC(C)(C)C2=O)C1=O. The minimum atomic E-state index is -1.26. The zero-order valence-electron chi connectivity index (χ0n) is 16.4. The molecule has 10 heteroatoms. The Kier molecular flexibility index (Phi) is 5.04. The lowest BCUT2D eigenvalue weighted by Crippen LogP contribution is -2.49. The third-order valence-electron chi connectivity index (χ3n) is 5.13. The molecule has 29 heavy (non-hydrogen) atoms. The molecule has 3 N–H and O–H groups in total. The van der Waals surface area contributed by atoms with Gasteiger partial charge in [0.15, 0.2) is 0 Å². The largest absolute Gasteiger partial charge is 0.344 e. The lowest BCUT2D eigenvalue weighted by molar-refractivity contribution is -0.140. The van der Waals surface area contributed by atoms with Gasteiger partial charge in [0.25, 0.3) is 11.8 Å². The highest BCUT2D eigenvalue weighted by molar-refractivity contribution is 6.09. The van der Waals surface area contributed by atoms with Gasteiger partial charge >= 0.3 is 12.1 Å². The number of urea groups is 2. The van der Waals surface area contributed by atoms with Gasteiger partial charge in [-0.25, -0.2) is 9.59 Å². The van der Waals surface area contributed by atoms with Crippen LogP contribution in [0.15, 0.2) is 30.3 Å². The van der Waals surface area contributed by atoms with Crippen LogP contribution in [0.3, 0.4) is 0 Å². The monoisotopic (exact) mass is 401 g/mol. The number of hydrogen-bond donors (Lipinski definition) is 3. The Labute approximate surface area is 167 Å². The zero-order chi connectivity index (χ0) is 21.4. The smallest absolute Gasteiger partial charge is 0.324 e. The van der Waals surface area contributed by atoms with Gasteiger partial charge < -0.3 is 10.6 Å². The molecule has 0 radical (unpaired) electrons. The summed E-state index contributed by atoms with van der Waals surface area (Å²) in [4.78, 5) is 62.6. The molecular weight excluding hydrogens is 378 g/mol. The molecule has 154 valence electrons. The number of hydrazine groups is 1. The van der Waals surface area contributed by atoms with Crippen LogP contribution in [0, 0.1) is 0 Å². The molecule has 1 aromatic carbocycles. The first-order valence-corrected chi connectivity index (χ1v) is 9.28. The molecule has 2 saturated heterocycles. The van der Waals surface area contributed by atoms with E-state index in [9.17, 15) is 24.0 Å². The summed E-state index contributed by atoms with van der Waals surface area (Å²) in [6.45, 7) is 4.72. The van der Waals surface area contributed by atoms with Crippen molar-refractivity contribution >= 4 is 29.8 Å². The molecule has 1 atom stereocenters. The van der Waals surface area contributed by atoms with Crippen molar-refractivity contribution < 1.29 is 24.0 Å². The number of benzene rings is 1. The average Bonchev–Trinajstić information content (AvgIpc) is 3.04. The number of imide groups is 2. The number of nitrogens with zero attached hydrogens (tertiary/aromatic N) is 2. The first kappa shape index (κ1) is 20.3. The van der Waals surface area contributed by atoms with Crippen molar-refractivity contribution in [2.24, 2.45) is 0 Å². The standard InChI is InChI=1S/C19H23N5O5/c1-4-19(12-8-6-5-7-9-12)15(27)24(17(29)21-19)22-13(25)10-11-23-14(26)18(2,3)20-16(23)28/h5-9H,4,10-11H2,1-3H3,(H,20,28)(H,21,29)(H,22,25)/t19-/m0/s1. The molecule has 3 rings (SSSR count). The second kappa shape index (κ2) is 7.19. The molecule has 0 unspecified atom stereocenters. The Hall–Kier alpha value is -3.43. The third kappa shape index (κ3) is 3.41. The Morgan fingerprint density at radius 3 is 2.21 bits per heavy atom. The van der Waals surface area contributed by atoms with Crippen molar-refractivity contribution in [3.8, 4) is 0 Å². The van der Waals surface area contributed by atoms with Crippen molar-refractivity contribution in [2.45, 2.75) is 44.7 Å². The lowest BCUT2D eigenvalue weighted by Gasteiger charge is -2.25. The van der Waals surface area contributed by atoms with Crippen LogP contribution < -0.4 is 16.1 Å². The predicted octanol–water partition coefficient (Wildman–Crippen LogP) is 0.595. The highest BCUT2D eigenvalue weighted by Gasteiger charge is 2.52. The van der Waals surface area contributed by atoms with Crippen LogP contribution >= 0.6 is 0 Å². The van der Waals surface area contributed by atoms with Crippen molar-refractivity contribution in [2.75, 3.05) is 6.54 Å². The summed E-state index contributed by atoms with van der Waals surface area (Å²) in [7, 11) is 0. The van der Waals surface area contributed by atoms with Gasteiger partial charge in [-0.15, -0.1) is 0 Å². The molecule has 2 aliphatic heterocycles. The van der Waals surface area contributed by atoms with Crippen LogP contribution in [0.4, 0.5) is 9.59 Å². The van der Waals surface area contributed by atoms with E-state index in [1.165, 1.54) is 0 Å². The Balaban J connectivity index is 1.67. The van der Waals surface area contributed by atoms with Gasteiger partial charge in [0.2, 0.25) is 5.91 Å². The van der Waals surface area contributed by atoms with E-state index in [4.69, 9.17) is 0 Å². The summed E-state index contributed by atoms with van der Waals surface area (Å²) in [5.74, 6) is -1.71. The molecule has 7 amide bonds. The van der Waals surface area contributed by atoms with E-state index >= 15 is 0 Å². The van der Waals surface area contributed by atoms with Gasteiger partial charge in [-0.2, -0.15) is 5.01 Å². The van der Waals surface area contributed by atoms with E-state index in [0.29, 0.717) is 17.0 Å². The normalized spacial score (nSPS) is 23.3. The van der Waals surface area contributed by atoms with Gasteiger partial charge in [-0.05, 0) is 25.8 Å². The van der Waals surface area contributed by atoms with Gasteiger partial charge in [0.05, 0.1) is 0 Å². The van der Waals surface area contributed by atoms with E-state index in [1.54, 1.807) is 51.1 Å². The summed E-state index contributed by atoms with van der Waals surface area (Å²) >= 11 is 0. The molecule has 0 spiro atoms. The van der Waals surface area contributed by atoms with Crippen LogP contribution in [0.1, 0.15) is 39.2 Å². The number of nitrogens with one attached hydrogen (secondary N) is 3. The van der Waals surface area contributed by atoms with Gasteiger partial charge in [0, 0.05) is 13.0 Å². The third-order valence-corrected chi connectivity index (χ3v) is 5.13. The van der Waals surface area contributed by atoms with Crippen LogP contribution in [-0.2, 0) is 19.9 Å². The molecule has 0 aliphatic carbocycles. The van der Waals surface area contributed by atoms with Crippen LogP contribution in [0.2, 0.25) is 0 Å². The van der Waals surface area contributed by atoms with Crippen molar-refractivity contribution in [3.63, 3.8) is 0 Å². The average molecular weight is 401 g/mol. The number of rotatable bonds is 6. The van der Waals surface area contributed by atoms with Crippen LogP contribution in [0.5, 0.6) is 0 Å². The minimum absolute atomic E-state index is 0.165. The zero-order valence-corrected chi connectivity index (χ0v) is 16.4. The molecule has 0 aromatic heterocycles. The van der Waals surface area contributed by atoms with E-state index in [1.807, 2.05) is 0 Å². The first-order valence-electron chi connectivity index (χ1n) is 9.28. The van der Waals surface area contributed by atoms with Gasteiger partial charge in [-0.1, -0.05) is 37.3 Å². The summed E-state index contributed by atoms with van der Waals surface area (Å²) in [5, 5.41) is 5.82. The van der Waals surface area contributed by atoms with E-state index < -0.39 is 40.9 Å². The topological polar surface area (TPSA) is 128 Å². The fourth-order valence-electron chi connectivity index (χ4n) is 3.45. The molecule has 2 heterocycles. The van der Waals surface area contributed by atoms with Crippen molar-refractivity contribution in [3.05, 3.63) is 35.9 Å². The summed E-state index contributed by atoms with van der Waals surface area (Å²) in [6, 6.07) is 7.44.